The van der Waals surface area contributed by atoms with Gasteiger partial charge in [0.2, 0.25) is 0 Å². The molecule has 0 radical (unpaired) electrons. The van der Waals surface area contributed by atoms with Crippen LogP contribution < -0.4 is 4.74 Å². The van der Waals surface area contributed by atoms with Crippen LogP contribution in [-0.2, 0) is 15.3 Å². The van der Waals surface area contributed by atoms with Crippen molar-refractivity contribution >= 4 is 23.2 Å². The van der Waals surface area contributed by atoms with Crippen molar-refractivity contribution in [3.8, 4) is 5.75 Å². The van der Waals surface area contributed by atoms with Crippen molar-refractivity contribution in [1.29, 1.82) is 0 Å². The zero-order chi connectivity index (χ0) is 12.3. The van der Waals surface area contributed by atoms with Gasteiger partial charge < -0.3 is 14.2 Å². The monoisotopic (exact) mass is 276 g/mol. The maximum absolute atomic E-state index is 6.10. The Labute approximate surface area is 111 Å². The van der Waals surface area contributed by atoms with Crippen molar-refractivity contribution in [2.24, 2.45) is 0 Å². The van der Waals surface area contributed by atoms with E-state index in [0.717, 1.165) is 5.56 Å². The van der Waals surface area contributed by atoms with E-state index in [0.29, 0.717) is 36.3 Å². The molecule has 2 rings (SSSR count). The second-order valence-electron chi connectivity index (χ2n) is 3.74. The number of ether oxygens (including phenoxy) is 3. The molecule has 0 aromatic heterocycles. The van der Waals surface area contributed by atoms with E-state index in [1.54, 1.807) is 19.2 Å². The highest BCUT2D eigenvalue weighted by Gasteiger charge is 2.38. The normalized spacial score (nSPS) is 18.3. The van der Waals surface area contributed by atoms with E-state index in [-0.39, 0.29) is 0 Å². The Balaban J connectivity index is 2.33. The Bertz CT molecular complexity index is 389. The van der Waals surface area contributed by atoms with Crippen molar-refractivity contribution < 1.29 is 14.2 Å². The molecular weight excluding hydrogens is 263 g/mol. The van der Waals surface area contributed by atoms with Gasteiger partial charge in [0.15, 0.2) is 5.79 Å². The largest absolute Gasteiger partial charge is 0.495 e. The molecule has 1 aliphatic heterocycles. The highest BCUT2D eigenvalue weighted by molar-refractivity contribution is 6.32. The van der Waals surface area contributed by atoms with E-state index in [4.69, 9.17) is 37.4 Å². The average molecular weight is 277 g/mol. The minimum Gasteiger partial charge on any atom is -0.495 e. The smallest absolute Gasteiger partial charge is 0.196 e. The summed E-state index contributed by atoms with van der Waals surface area (Å²) in [6, 6.07) is 5.50. The summed E-state index contributed by atoms with van der Waals surface area (Å²) in [5.41, 5.74) is 0.876. The predicted molar refractivity (Wildman–Crippen MR) is 66.9 cm³/mol. The molecule has 0 N–H and O–H groups in total. The van der Waals surface area contributed by atoms with Crippen LogP contribution in [0.1, 0.15) is 12.0 Å². The van der Waals surface area contributed by atoms with Crippen LogP contribution in [0.25, 0.3) is 0 Å². The first-order valence-electron chi connectivity index (χ1n) is 5.40. The lowest BCUT2D eigenvalue weighted by molar-refractivity contribution is -0.166. The molecule has 1 fully saturated rings. The first kappa shape index (κ1) is 13.0. The average Bonchev–Trinajstić information content (AvgIpc) is 2.79. The molecule has 1 saturated heterocycles. The highest BCUT2D eigenvalue weighted by atomic mass is 35.5. The van der Waals surface area contributed by atoms with Gasteiger partial charge in [0.05, 0.1) is 25.3 Å². The molecule has 94 valence electrons. The molecule has 3 nitrogen and oxygen atoms in total. The van der Waals surface area contributed by atoms with Crippen LogP contribution in [0.15, 0.2) is 18.2 Å². The maximum Gasteiger partial charge on any atom is 0.196 e. The third-order valence-electron chi connectivity index (χ3n) is 2.77. The van der Waals surface area contributed by atoms with E-state index >= 15 is 0 Å². The SMILES string of the molecule is COc1ccc(C2(CCCl)OCCO2)cc1Cl. The fourth-order valence-electron chi connectivity index (χ4n) is 1.94. The van der Waals surface area contributed by atoms with Gasteiger partial charge >= 0.3 is 0 Å². The van der Waals surface area contributed by atoms with Crippen LogP contribution in [0.4, 0.5) is 0 Å². The molecular formula is C12H14Cl2O3. The van der Waals surface area contributed by atoms with E-state index in [1.807, 2.05) is 6.07 Å². The van der Waals surface area contributed by atoms with Gasteiger partial charge in [-0.3, -0.25) is 0 Å². The first-order chi connectivity index (χ1) is 8.22. The molecule has 0 unspecified atom stereocenters. The molecule has 17 heavy (non-hydrogen) atoms. The number of hydrogen-bond donors (Lipinski definition) is 0. The van der Waals surface area contributed by atoms with Crippen LogP contribution in [0.2, 0.25) is 5.02 Å². The summed E-state index contributed by atoms with van der Waals surface area (Å²) in [6.07, 6.45) is 0.594. The minimum atomic E-state index is -0.752. The van der Waals surface area contributed by atoms with Crippen LogP contribution in [0, 0.1) is 0 Å². The molecule has 0 spiro atoms. The second-order valence-corrected chi connectivity index (χ2v) is 4.52. The second kappa shape index (κ2) is 5.44. The Morgan fingerprint density at radius 1 is 1.35 bits per heavy atom. The highest BCUT2D eigenvalue weighted by Crippen LogP contribution is 2.38. The number of alkyl halides is 1. The molecule has 0 aliphatic carbocycles. The maximum atomic E-state index is 6.10. The lowest BCUT2D eigenvalue weighted by Crippen LogP contribution is -2.27. The number of methoxy groups -OCH3 is 1. The number of benzene rings is 1. The first-order valence-corrected chi connectivity index (χ1v) is 6.31. The van der Waals surface area contributed by atoms with Crippen molar-refractivity contribution in [3.05, 3.63) is 28.8 Å². The lowest BCUT2D eigenvalue weighted by atomic mass is 10.0. The van der Waals surface area contributed by atoms with Crippen LogP contribution >= 0.6 is 23.2 Å². The van der Waals surface area contributed by atoms with Crippen molar-refractivity contribution in [2.75, 3.05) is 26.2 Å². The number of rotatable bonds is 4. The Morgan fingerprint density at radius 3 is 2.59 bits per heavy atom. The summed E-state index contributed by atoms with van der Waals surface area (Å²) in [4.78, 5) is 0. The van der Waals surface area contributed by atoms with Crippen molar-refractivity contribution in [3.63, 3.8) is 0 Å². The summed E-state index contributed by atoms with van der Waals surface area (Å²) in [6.45, 7) is 1.14. The molecule has 1 aromatic carbocycles. The molecule has 0 atom stereocenters. The minimum absolute atomic E-state index is 0.462. The van der Waals surface area contributed by atoms with Gasteiger partial charge in [0.1, 0.15) is 5.75 Å². The third kappa shape index (κ3) is 2.52. The van der Waals surface area contributed by atoms with E-state index in [1.165, 1.54) is 0 Å². The fourth-order valence-corrected chi connectivity index (χ4v) is 2.44. The van der Waals surface area contributed by atoms with Crippen LogP contribution in [0.3, 0.4) is 0 Å². The van der Waals surface area contributed by atoms with Crippen LogP contribution in [-0.4, -0.2) is 26.2 Å². The molecule has 1 aromatic rings. The molecule has 0 saturated carbocycles. The zero-order valence-corrected chi connectivity index (χ0v) is 11.1. The Morgan fingerprint density at radius 2 is 2.06 bits per heavy atom. The number of hydrogen-bond acceptors (Lipinski definition) is 3. The van der Waals surface area contributed by atoms with Crippen molar-refractivity contribution in [1.82, 2.24) is 0 Å². The van der Waals surface area contributed by atoms with Gasteiger partial charge in [-0.15, -0.1) is 11.6 Å². The molecule has 1 heterocycles. The Hall–Kier alpha value is -0.480. The predicted octanol–water partition coefficient (Wildman–Crippen LogP) is 3.18. The molecule has 5 heteroatoms. The third-order valence-corrected chi connectivity index (χ3v) is 3.25. The molecule has 0 bridgehead atoms. The summed E-state index contributed by atoms with van der Waals surface area (Å²) in [5.74, 6) is 0.343. The van der Waals surface area contributed by atoms with Crippen LogP contribution in [0.5, 0.6) is 5.75 Å². The Kier molecular flexibility index (Phi) is 4.15. The summed E-state index contributed by atoms with van der Waals surface area (Å²) in [5, 5.41) is 0.540. The van der Waals surface area contributed by atoms with E-state index in [2.05, 4.69) is 0 Å². The van der Waals surface area contributed by atoms with Gasteiger partial charge in [0.25, 0.3) is 0 Å². The van der Waals surface area contributed by atoms with E-state index < -0.39 is 5.79 Å². The van der Waals surface area contributed by atoms with Gasteiger partial charge in [-0.25, -0.2) is 0 Å². The zero-order valence-electron chi connectivity index (χ0n) is 9.54. The summed E-state index contributed by atoms with van der Waals surface area (Å²) >= 11 is 11.9. The van der Waals surface area contributed by atoms with Crippen molar-refractivity contribution in [2.45, 2.75) is 12.2 Å². The van der Waals surface area contributed by atoms with Gasteiger partial charge in [-0.05, 0) is 18.2 Å². The molecule has 0 amide bonds. The van der Waals surface area contributed by atoms with E-state index in [9.17, 15) is 0 Å². The quantitative estimate of drug-likeness (QED) is 0.791. The molecule has 1 aliphatic rings. The topological polar surface area (TPSA) is 27.7 Å². The fraction of sp³-hybridized carbons (Fsp3) is 0.500. The van der Waals surface area contributed by atoms with Gasteiger partial charge in [-0.2, -0.15) is 0 Å². The van der Waals surface area contributed by atoms with Gasteiger partial charge in [-0.1, -0.05) is 11.6 Å². The standard InChI is InChI=1S/C12H14Cl2O3/c1-15-11-3-2-9(8-10(11)14)12(4-5-13)16-6-7-17-12/h2-3,8H,4-7H2,1H3. The van der Waals surface area contributed by atoms with Gasteiger partial charge in [0, 0.05) is 17.9 Å². The lowest BCUT2D eigenvalue weighted by Gasteiger charge is -2.27. The summed E-state index contributed by atoms with van der Waals surface area (Å²) < 4.78 is 16.5. The number of halogens is 2. The summed E-state index contributed by atoms with van der Waals surface area (Å²) in [7, 11) is 1.58.